The van der Waals surface area contributed by atoms with Gasteiger partial charge in [0.1, 0.15) is 0 Å². The maximum atomic E-state index is 4.94. The minimum absolute atomic E-state index is 0.125. The summed E-state index contributed by atoms with van der Waals surface area (Å²) in [5.41, 5.74) is 14.0. The maximum absolute atomic E-state index is 4.94. The molecule has 70 heavy (non-hydrogen) atoms. The van der Waals surface area contributed by atoms with E-state index < -0.39 is 0 Å². The molecule has 2 aliphatic rings. The molecule has 2 heterocycles. The van der Waals surface area contributed by atoms with Crippen LogP contribution in [0.15, 0.2) is 168 Å². The second-order valence-electron chi connectivity index (χ2n) is 18.8. The molecule has 1 unspecified atom stereocenters. The molecule has 2 aliphatic carbocycles. The minimum atomic E-state index is 0.125. The third-order valence-electron chi connectivity index (χ3n) is 14.7. The van der Waals surface area contributed by atoms with Crippen molar-refractivity contribution in [2.24, 2.45) is 5.92 Å². The van der Waals surface area contributed by atoms with Crippen molar-refractivity contribution in [2.75, 3.05) is 11.2 Å². The quantitative estimate of drug-likeness (QED) is 0.0789. The Morgan fingerprint density at radius 3 is 2.16 bits per heavy atom. The largest absolute Gasteiger partial charge is 0.314 e. The van der Waals surface area contributed by atoms with E-state index in [-0.39, 0.29) is 5.92 Å². The second kappa shape index (κ2) is 20.3. The standard InChI is InChI=1S/C66H63NS3/c1-10-19-57-56-22-16-18-24-62(56)70-65(57)63(41(6)12-3)43(8)42(7)37-49(13-4)67(50-32-35-53-46(38-50)28-25-44-26-29-48(40-59(44)53)54-21-15-17-23-60(54)68-9)51-33-36-55-47(39-51)30-27-45-31-34-58-52(14-5)61(20-11-2)69-66(58)64(45)55/h10-13,15,18-21,24-36,38-40,42H,3,8,14,16-17,22-23,37H2,1-2,4-7,9H3/b19-10-,20-11-,49-13+,63-41+. The lowest BCUT2D eigenvalue weighted by Gasteiger charge is -2.31. The summed E-state index contributed by atoms with van der Waals surface area (Å²) in [6, 6.07) is 35.2. The molecule has 0 radical (unpaired) electrons. The first-order valence-corrected chi connectivity index (χ1v) is 27.9. The molecule has 0 spiro atoms. The Labute approximate surface area is 428 Å². The molecule has 0 saturated heterocycles. The van der Waals surface area contributed by atoms with E-state index in [1.807, 2.05) is 40.5 Å². The van der Waals surface area contributed by atoms with Crippen molar-refractivity contribution in [3.8, 4) is 0 Å². The predicted octanol–water partition coefficient (Wildman–Crippen LogP) is 20.9. The molecule has 350 valence electrons. The Kier molecular flexibility index (Phi) is 13.8. The second-order valence-corrected chi connectivity index (χ2v) is 21.8. The van der Waals surface area contributed by atoms with Gasteiger partial charge in [0.05, 0.1) is 0 Å². The van der Waals surface area contributed by atoms with Gasteiger partial charge in [0.15, 0.2) is 0 Å². The van der Waals surface area contributed by atoms with Crippen LogP contribution in [0.3, 0.4) is 0 Å². The van der Waals surface area contributed by atoms with E-state index in [2.05, 4.69) is 205 Å². The number of hydrogen-bond donors (Lipinski definition) is 0. The number of nitrogens with zero attached hydrogens (tertiary/aromatic N) is 1. The first-order chi connectivity index (χ1) is 34.2. The Hall–Kier alpha value is -6.17. The van der Waals surface area contributed by atoms with Gasteiger partial charge in [-0.15, -0.1) is 34.4 Å². The van der Waals surface area contributed by atoms with Gasteiger partial charge in [-0.2, -0.15) is 0 Å². The zero-order valence-electron chi connectivity index (χ0n) is 41.8. The summed E-state index contributed by atoms with van der Waals surface area (Å²) in [5.74, 6) is 0.125. The molecule has 8 aromatic rings. The van der Waals surface area contributed by atoms with Crippen molar-refractivity contribution < 1.29 is 0 Å². The minimum Gasteiger partial charge on any atom is -0.314 e. The lowest BCUT2D eigenvalue weighted by Crippen LogP contribution is -2.19. The van der Waals surface area contributed by atoms with Gasteiger partial charge in [0, 0.05) is 41.8 Å². The molecule has 1 atom stereocenters. The molecule has 0 aliphatic heterocycles. The molecule has 6 aromatic carbocycles. The summed E-state index contributed by atoms with van der Waals surface area (Å²) in [6.45, 7) is 22.5. The highest BCUT2D eigenvalue weighted by Crippen LogP contribution is 2.47. The van der Waals surface area contributed by atoms with Gasteiger partial charge in [0.2, 0.25) is 0 Å². The number of aryl methyl sites for hydroxylation is 1. The highest BCUT2D eigenvalue weighted by atomic mass is 32.2. The summed E-state index contributed by atoms with van der Waals surface area (Å²) in [5, 5.41) is 11.6. The van der Waals surface area contributed by atoms with E-state index >= 15 is 0 Å². The summed E-state index contributed by atoms with van der Waals surface area (Å²) in [4.78, 5) is 8.02. The lowest BCUT2D eigenvalue weighted by atomic mass is 9.85. The lowest BCUT2D eigenvalue weighted by molar-refractivity contribution is 0.683. The van der Waals surface area contributed by atoms with E-state index in [9.17, 15) is 0 Å². The number of thiophene rings is 2. The number of rotatable bonds is 14. The first kappa shape index (κ1) is 47.5. The average molecular weight is 966 g/mol. The number of thioether (sulfide) groups is 1. The molecule has 0 amide bonds. The topological polar surface area (TPSA) is 3.24 Å². The van der Waals surface area contributed by atoms with Gasteiger partial charge in [-0.3, -0.25) is 0 Å². The van der Waals surface area contributed by atoms with Crippen LogP contribution in [0.25, 0.3) is 82.6 Å². The van der Waals surface area contributed by atoms with E-state index in [0.29, 0.717) is 0 Å². The van der Waals surface area contributed by atoms with Gasteiger partial charge in [-0.25, -0.2) is 0 Å². The number of anilines is 2. The number of hydrogen-bond acceptors (Lipinski definition) is 4. The molecule has 0 fully saturated rings. The van der Waals surface area contributed by atoms with E-state index in [1.54, 1.807) is 0 Å². The Bertz CT molecular complexity index is 3640. The molecular formula is C66H63NS3. The highest BCUT2D eigenvalue weighted by molar-refractivity contribution is 8.02. The SMILES string of the molecule is C=C/C(C)=C(\C(=C)C(C)C/C(=C\C)N(c1ccc2c(ccc3ccc(C4=C(SC)CCC=C4)cc32)c1)c1ccc2c(ccc3ccc4c(CC)c(/C=C\C)sc4c32)c1)c1sc2c(c1/C=C\C)CCC=C2. The van der Waals surface area contributed by atoms with Gasteiger partial charge < -0.3 is 4.90 Å². The number of allylic oxidation sites excluding steroid dienone is 13. The fraction of sp³-hybridized carbons (Fsp3) is 0.212. The third-order valence-corrected chi connectivity index (χ3v) is 18.1. The Morgan fingerprint density at radius 1 is 0.757 bits per heavy atom. The fourth-order valence-electron chi connectivity index (χ4n) is 11.0. The van der Waals surface area contributed by atoms with Crippen LogP contribution in [0.5, 0.6) is 0 Å². The third kappa shape index (κ3) is 8.52. The fourth-order valence-corrected chi connectivity index (χ4v) is 14.6. The maximum Gasteiger partial charge on any atom is 0.0464 e. The van der Waals surface area contributed by atoms with Crippen LogP contribution in [0.4, 0.5) is 11.4 Å². The van der Waals surface area contributed by atoms with E-state index in [0.717, 1.165) is 55.5 Å². The van der Waals surface area contributed by atoms with Crippen molar-refractivity contribution in [1.82, 2.24) is 0 Å². The predicted molar refractivity (Wildman–Crippen MR) is 319 cm³/mol. The monoisotopic (exact) mass is 965 g/mol. The molecule has 0 N–H and O–H groups in total. The van der Waals surface area contributed by atoms with Gasteiger partial charge in [-0.1, -0.05) is 136 Å². The van der Waals surface area contributed by atoms with Crippen molar-refractivity contribution in [1.29, 1.82) is 0 Å². The van der Waals surface area contributed by atoms with Crippen molar-refractivity contribution in [3.05, 3.63) is 205 Å². The summed E-state index contributed by atoms with van der Waals surface area (Å²) in [7, 11) is 0. The van der Waals surface area contributed by atoms with Crippen molar-refractivity contribution in [3.63, 3.8) is 0 Å². The molecule has 1 nitrogen and oxygen atoms in total. The first-order valence-electron chi connectivity index (χ1n) is 25.1. The smallest absolute Gasteiger partial charge is 0.0464 e. The van der Waals surface area contributed by atoms with Gasteiger partial charge >= 0.3 is 0 Å². The van der Waals surface area contributed by atoms with Crippen molar-refractivity contribution in [2.45, 2.75) is 80.1 Å². The van der Waals surface area contributed by atoms with Gasteiger partial charge in [-0.05, 0) is 213 Å². The molecule has 10 rings (SSSR count). The van der Waals surface area contributed by atoms with Crippen LogP contribution in [0.2, 0.25) is 0 Å². The van der Waals surface area contributed by atoms with Crippen LogP contribution in [0.1, 0.15) is 104 Å². The summed E-state index contributed by atoms with van der Waals surface area (Å²) >= 11 is 5.72. The Balaban J connectivity index is 1.11. The summed E-state index contributed by atoms with van der Waals surface area (Å²) < 4.78 is 1.38. The molecule has 0 saturated carbocycles. The summed E-state index contributed by atoms with van der Waals surface area (Å²) in [6.07, 6.45) is 31.0. The van der Waals surface area contributed by atoms with Crippen molar-refractivity contribution >= 4 is 128 Å². The Morgan fingerprint density at radius 2 is 1.43 bits per heavy atom. The van der Waals surface area contributed by atoms with Gasteiger partial charge in [0.25, 0.3) is 0 Å². The zero-order chi connectivity index (χ0) is 48.6. The molecule has 0 bridgehead atoms. The molecule has 4 heteroatoms. The molecular weight excluding hydrogens is 903 g/mol. The number of benzene rings is 6. The normalized spacial score (nSPS) is 15.1. The van der Waals surface area contributed by atoms with Crippen LogP contribution in [0, 0.1) is 5.92 Å². The molecule has 2 aromatic heterocycles. The zero-order valence-corrected chi connectivity index (χ0v) is 44.3. The van der Waals surface area contributed by atoms with Crippen LogP contribution in [-0.2, 0) is 12.8 Å². The van der Waals surface area contributed by atoms with Crippen LogP contribution < -0.4 is 4.90 Å². The van der Waals surface area contributed by atoms with E-state index in [1.165, 1.54) is 117 Å². The van der Waals surface area contributed by atoms with Crippen LogP contribution >= 0.6 is 34.4 Å². The van der Waals surface area contributed by atoms with E-state index in [4.69, 9.17) is 6.58 Å². The average Bonchev–Trinajstić information content (AvgIpc) is 3.95. The van der Waals surface area contributed by atoms with Crippen LogP contribution in [-0.4, -0.2) is 6.26 Å². The number of fused-ring (bicyclic) bond motifs is 9. The highest BCUT2D eigenvalue weighted by Gasteiger charge is 2.26.